The Morgan fingerprint density at radius 3 is 2.12 bits per heavy atom. The highest BCUT2D eigenvalue weighted by molar-refractivity contribution is 5.89. The molecule has 1 aliphatic rings. The molecule has 0 spiro atoms. The molecule has 0 unspecified atom stereocenters. The van der Waals surface area contributed by atoms with Crippen LogP contribution in [0.25, 0.3) is 0 Å². The van der Waals surface area contributed by atoms with E-state index in [-0.39, 0.29) is 0 Å². The van der Waals surface area contributed by atoms with Crippen molar-refractivity contribution in [1.82, 2.24) is 26.0 Å². The van der Waals surface area contributed by atoms with Crippen molar-refractivity contribution in [2.75, 3.05) is 0 Å². The molecule has 1 aromatic heterocycles. The molecule has 2 heterocycles. The van der Waals surface area contributed by atoms with Gasteiger partial charge in [0, 0.05) is 23.7 Å². The monoisotopic (exact) mass is 236 g/mol. The SMILES string of the molecule is C=C1CC(C(C)C)=NN1.CC(C)c1nn[nH]n1. The number of rotatable bonds is 2. The van der Waals surface area contributed by atoms with Crippen LogP contribution in [-0.2, 0) is 0 Å². The minimum absolute atomic E-state index is 0.369. The van der Waals surface area contributed by atoms with Gasteiger partial charge in [-0.1, -0.05) is 39.5 Å². The van der Waals surface area contributed by atoms with Gasteiger partial charge in [-0.25, -0.2) is 0 Å². The number of nitrogens with zero attached hydrogens (tertiary/aromatic N) is 4. The molecule has 6 nitrogen and oxygen atoms in total. The van der Waals surface area contributed by atoms with E-state index in [4.69, 9.17) is 0 Å². The highest BCUT2D eigenvalue weighted by Gasteiger charge is 2.11. The molecule has 17 heavy (non-hydrogen) atoms. The standard InChI is InChI=1S/C7H12N2.C4H8N4/c1-5(2)7-4-6(3)8-9-7;1-3(2)4-5-7-8-6-4/h5,8H,3-4H2,1-2H3;3H,1-2H3,(H,5,6,7,8). The molecule has 0 aromatic carbocycles. The quantitative estimate of drug-likeness (QED) is 0.821. The molecule has 2 N–H and O–H groups in total. The van der Waals surface area contributed by atoms with E-state index in [1.54, 1.807) is 0 Å². The molecule has 0 fully saturated rings. The zero-order chi connectivity index (χ0) is 12.8. The van der Waals surface area contributed by atoms with Gasteiger partial charge < -0.3 is 0 Å². The lowest BCUT2D eigenvalue weighted by Gasteiger charge is -1.98. The first-order chi connectivity index (χ1) is 8.00. The zero-order valence-electron chi connectivity index (χ0n) is 10.9. The molecular formula is C11H20N6. The summed E-state index contributed by atoms with van der Waals surface area (Å²) >= 11 is 0. The molecule has 6 heteroatoms. The molecule has 0 atom stereocenters. The lowest BCUT2D eigenvalue weighted by molar-refractivity contribution is 0.778. The number of nitrogens with one attached hydrogen (secondary N) is 2. The Morgan fingerprint density at radius 1 is 1.18 bits per heavy atom. The van der Waals surface area contributed by atoms with E-state index >= 15 is 0 Å². The van der Waals surface area contributed by atoms with E-state index in [0.717, 1.165) is 17.9 Å². The highest BCUT2D eigenvalue weighted by Crippen LogP contribution is 2.10. The van der Waals surface area contributed by atoms with Gasteiger partial charge in [0.05, 0.1) is 0 Å². The van der Waals surface area contributed by atoms with Crippen molar-refractivity contribution in [3.8, 4) is 0 Å². The van der Waals surface area contributed by atoms with Crippen molar-refractivity contribution < 1.29 is 0 Å². The Bertz CT molecular complexity index is 377. The summed E-state index contributed by atoms with van der Waals surface area (Å²) < 4.78 is 0. The summed E-state index contributed by atoms with van der Waals surface area (Å²) in [6, 6.07) is 0. The summed E-state index contributed by atoms with van der Waals surface area (Å²) in [6.07, 6.45) is 0.928. The van der Waals surface area contributed by atoms with E-state index in [1.165, 1.54) is 5.71 Å². The smallest absolute Gasteiger partial charge is 0.177 e. The molecule has 94 valence electrons. The fourth-order valence-electron chi connectivity index (χ4n) is 1.20. The molecule has 2 rings (SSSR count). The largest absolute Gasteiger partial charge is 0.283 e. The maximum absolute atomic E-state index is 4.08. The highest BCUT2D eigenvalue weighted by atomic mass is 15.5. The number of hydrazone groups is 1. The Morgan fingerprint density at radius 2 is 1.88 bits per heavy atom. The Hall–Kier alpha value is -1.72. The first kappa shape index (κ1) is 13.3. The van der Waals surface area contributed by atoms with E-state index in [1.807, 2.05) is 13.8 Å². The van der Waals surface area contributed by atoms with Crippen LogP contribution < -0.4 is 5.43 Å². The first-order valence-corrected chi connectivity index (χ1v) is 5.74. The molecular weight excluding hydrogens is 216 g/mol. The molecule has 0 saturated heterocycles. The second-order valence-electron chi connectivity index (χ2n) is 4.57. The molecule has 0 saturated carbocycles. The van der Waals surface area contributed by atoms with E-state index in [0.29, 0.717) is 11.8 Å². The molecule has 0 aliphatic carbocycles. The fraction of sp³-hybridized carbons (Fsp3) is 0.636. The summed E-state index contributed by atoms with van der Waals surface area (Å²) in [4.78, 5) is 0. The van der Waals surface area contributed by atoms with Crippen LogP contribution >= 0.6 is 0 Å². The summed E-state index contributed by atoms with van der Waals surface area (Å²) in [5, 5.41) is 17.4. The Balaban J connectivity index is 0.000000171. The van der Waals surface area contributed by atoms with Crippen LogP contribution in [0.3, 0.4) is 0 Å². The second kappa shape index (κ2) is 6.12. The average Bonchev–Trinajstić information content (AvgIpc) is 2.87. The third-order valence-corrected chi connectivity index (χ3v) is 2.30. The number of tetrazole rings is 1. The maximum atomic E-state index is 4.08. The summed E-state index contributed by atoms with van der Waals surface area (Å²) in [7, 11) is 0. The minimum Gasteiger partial charge on any atom is -0.283 e. The summed E-state index contributed by atoms with van der Waals surface area (Å²) in [5.74, 6) is 1.69. The predicted octanol–water partition coefficient (Wildman–Crippen LogP) is 1.83. The average molecular weight is 236 g/mol. The van der Waals surface area contributed by atoms with Crippen LogP contribution in [0.2, 0.25) is 0 Å². The molecule has 0 radical (unpaired) electrons. The van der Waals surface area contributed by atoms with Gasteiger partial charge in [0.2, 0.25) is 0 Å². The van der Waals surface area contributed by atoms with Crippen molar-refractivity contribution in [1.29, 1.82) is 0 Å². The molecule has 1 aromatic rings. The van der Waals surface area contributed by atoms with Crippen molar-refractivity contribution in [2.24, 2.45) is 11.0 Å². The molecule has 0 amide bonds. The van der Waals surface area contributed by atoms with Gasteiger partial charge in [-0.3, -0.25) is 5.43 Å². The van der Waals surface area contributed by atoms with E-state index < -0.39 is 0 Å². The van der Waals surface area contributed by atoms with Crippen LogP contribution in [0, 0.1) is 5.92 Å². The summed E-state index contributed by atoms with van der Waals surface area (Å²) in [6.45, 7) is 12.1. The van der Waals surface area contributed by atoms with Crippen LogP contribution in [0.1, 0.15) is 45.9 Å². The van der Waals surface area contributed by atoms with E-state index in [9.17, 15) is 0 Å². The van der Waals surface area contributed by atoms with Gasteiger partial charge in [0.25, 0.3) is 0 Å². The third-order valence-electron chi connectivity index (χ3n) is 2.30. The minimum atomic E-state index is 0.369. The Labute approximate surface area is 102 Å². The van der Waals surface area contributed by atoms with Gasteiger partial charge in [0.15, 0.2) is 5.82 Å². The van der Waals surface area contributed by atoms with Crippen molar-refractivity contribution in [3.63, 3.8) is 0 Å². The van der Waals surface area contributed by atoms with Crippen LogP contribution in [-0.4, -0.2) is 26.3 Å². The number of hydrogen-bond donors (Lipinski definition) is 2. The van der Waals surface area contributed by atoms with Gasteiger partial charge in [-0.2, -0.15) is 10.3 Å². The maximum Gasteiger partial charge on any atom is 0.177 e. The van der Waals surface area contributed by atoms with Crippen LogP contribution in [0.5, 0.6) is 0 Å². The van der Waals surface area contributed by atoms with Gasteiger partial charge in [0.1, 0.15) is 0 Å². The van der Waals surface area contributed by atoms with Crippen molar-refractivity contribution in [3.05, 3.63) is 18.1 Å². The fourth-order valence-corrected chi connectivity index (χ4v) is 1.20. The topological polar surface area (TPSA) is 78.9 Å². The van der Waals surface area contributed by atoms with Gasteiger partial charge in [-0.05, 0) is 5.92 Å². The number of aromatic amines is 1. The van der Waals surface area contributed by atoms with Crippen LogP contribution in [0.15, 0.2) is 17.4 Å². The zero-order valence-corrected chi connectivity index (χ0v) is 10.9. The summed E-state index contributed by atoms with van der Waals surface area (Å²) in [5.41, 5.74) is 5.07. The Kier molecular flexibility index (Phi) is 4.81. The molecule has 1 aliphatic heterocycles. The second-order valence-corrected chi connectivity index (χ2v) is 4.57. The third kappa shape index (κ3) is 4.34. The van der Waals surface area contributed by atoms with Crippen molar-refractivity contribution >= 4 is 5.71 Å². The normalized spacial score (nSPS) is 14.5. The van der Waals surface area contributed by atoms with E-state index in [2.05, 4.69) is 51.6 Å². The predicted molar refractivity (Wildman–Crippen MR) is 67.4 cm³/mol. The first-order valence-electron chi connectivity index (χ1n) is 5.74. The van der Waals surface area contributed by atoms with Gasteiger partial charge >= 0.3 is 0 Å². The lowest BCUT2D eigenvalue weighted by Crippen LogP contribution is -2.02. The number of allylic oxidation sites excluding steroid dienone is 1. The van der Waals surface area contributed by atoms with Crippen molar-refractivity contribution in [2.45, 2.75) is 40.0 Å². The van der Waals surface area contributed by atoms with Gasteiger partial charge in [-0.15, -0.1) is 10.2 Å². The van der Waals surface area contributed by atoms with Crippen LogP contribution in [0.4, 0.5) is 0 Å². The number of aromatic nitrogens is 4. The molecule has 0 bridgehead atoms. The number of H-pyrrole nitrogens is 1. The number of hydrogen-bond acceptors (Lipinski definition) is 5. The lowest BCUT2D eigenvalue weighted by atomic mass is 10.1.